The van der Waals surface area contributed by atoms with E-state index in [0.717, 1.165) is 11.6 Å². The highest BCUT2D eigenvalue weighted by atomic mass is 19.4. The quantitative estimate of drug-likeness (QED) is 0.748. The molecule has 0 saturated carbocycles. The van der Waals surface area contributed by atoms with Crippen molar-refractivity contribution in [2.45, 2.75) is 30.7 Å². The highest BCUT2D eigenvalue weighted by Gasteiger charge is 2.40. The van der Waals surface area contributed by atoms with Gasteiger partial charge in [-0.2, -0.15) is 13.2 Å². The summed E-state index contributed by atoms with van der Waals surface area (Å²) >= 11 is 0. The summed E-state index contributed by atoms with van der Waals surface area (Å²) in [7, 11) is 0. The fraction of sp³-hybridized carbons (Fsp3) is 0.417. The third kappa shape index (κ3) is 4.29. The predicted molar refractivity (Wildman–Crippen MR) is 114 cm³/mol. The number of urea groups is 1. The van der Waals surface area contributed by atoms with Crippen molar-refractivity contribution in [2.24, 2.45) is 0 Å². The summed E-state index contributed by atoms with van der Waals surface area (Å²) in [6, 6.07) is 12.4. The molecule has 2 aromatic rings. The fourth-order valence-electron chi connectivity index (χ4n) is 4.84. The van der Waals surface area contributed by atoms with Gasteiger partial charge in [0.15, 0.2) is 0 Å². The van der Waals surface area contributed by atoms with Gasteiger partial charge in [-0.05, 0) is 29.2 Å². The van der Waals surface area contributed by atoms with E-state index in [1.54, 1.807) is 28.0 Å². The monoisotopic (exact) mass is 459 g/mol. The zero-order chi connectivity index (χ0) is 23.2. The summed E-state index contributed by atoms with van der Waals surface area (Å²) < 4.78 is 45.5. The lowest BCUT2D eigenvalue weighted by atomic mass is 9.89. The number of carbonyl (C=O) groups excluding carboxylic acids is 2. The Morgan fingerprint density at radius 1 is 1.00 bits per heavy atom. The zero-order valence-electron chi connectivity index (χ0n) is 17.8. The molecule has 33 heavy (non-hydrogen) atoms. The molecule has 3 saturated heterocycles. The number of fused-ring (bicyclic) bond motifs is 1. The molecule has 9 heteroatoms. The van der Waals surface area contributed by atoms with E-state index in [2.05, 4.69) is 5.32 Å². The Hall–Kier alpha value is -3.07. The molecule has 3 amide bonds. The number of hydrogen-bond acceptors (Lipinski definition) is 3. The van der Waals surface area contributed by atoms with Crippen molar-refractivity contribution in [3.8, 4) is 11.1 Å². The lowest BCUT2D eigenvalue weighted by Gasteiger charge is -2.46. The van der Waals surface area contributed by atoms with Gasteiger partial charge >= 0.3 is 12.2 Å². The number of piperidine rings is 1. The summed E-state index contributed by atoms with van der Waals surface area (Å²) in [4.78, 5) is 28.0. The van der Waals surface area contributed by atoms with E-state index in [1.165, 1.54) is 12.1 Å². The van der Waals surface area contributed by atoms with E-state index in [-0.39, 0.29) is 42.2 Å². The van der Waals surface area contributed by atoms with Crippen LogP contribution in [-0.4, -0.2) is 66.7 Å². The number of benzene rings is 2. The number of hydrogen-bond donors (Lipinski definition) is 1. The fourth-order valence-corrected chi connectivity index (χ4v) is 4.84. The average molecular weight is 459 g/mol. The number of amides is 3. The molecule has 0 unspecified atom stereocenters. The number of nitrogens with one attached hydrogen (secondary N) is 1. The molecule has 3 aliphatic rings. The molecule has 0 aromatic heterocycles. The summed E-state index contributed by atoms with van der Waals surface area (Å²) in [5.41, 5.74) is 1.02. The van der Waals surface area contributed by atoms with Gasteiger partial charge in [-0.1, -0.05) is 42.5 Å². The lowest BCUT2D eigenvalue weighted by Crippen LogP contribution is -2.63. The maximum absolute atomic E-state index is 13.3. The molecule has 174 valence electrons. The first kappa shape index (κ1) is 21.8. The van der Waals surface area contributed by atoms with Crippen molar-refractivity contribution < 1.29 is 27.5 Å². The van der Waals surface area contributed by atoms with Gasteiger partial charge in [0.1, 0.15) is 6.61 Å². The Labute approximate surface area is 189 Å². The van der Waals surface area contributed by atoms with E-state index >= 15 is 0 Å². The summed E-state index contributed by atoms with van der Waals surface area (Å²) in [5, 5.41) is 2.90. The molecule has 0 spiro atoms. The second kappa shape index (κ2) is 8.37. The maximum Gasteiger partial charge on any atom is 0.417 e. The van der Waals surface area contributed by atoms with E-state index in [1.807, 2.05) is 12.1 Å². The average Bonchev–Trinajstić information content (AvgIpc) is 2.77. The Bertz CT molecular complexity index is 1050. The predicted octanol–water partition coefficient (Wildman–Crippen LogP) is 3.48. The Morgan fingerprint density at radius 3 is 2.45 bits per heavy atom. The topological polar surface area (TPSA) is 61.9 Å². The second-order valence-electron chi connectivity index (χ2n) is 8.81. The molecule has 1 N–H and O–H groups in total. The van der Waals surface area contributed by atoms with Gasteiger partial charge in [-0.25, -0.2) is 4.79 Å². The second-order valence-corrected chi connectivity index (χ2v) is 8.81. The molecule has 0 bridgehead atoms. The Morgan fingerprint density at radius 2 is 1.73 bits per heavy atom. The van der Waals surface area contributed by atoms with Crippen molar-refractivity contribution in [3.05, 3.63) is 59.7 Å². The molecule has 3 aliphatic heterocycles. The van der Waals surface area contributed by atoms with Crippen LogP contribution in [0.15, 0.2) is 48.5 Å². The first-order valence-electron chi connectivity index (χ1n) is 11.0. The van der Waals surface area contributed by atoms with Crippen molar-refractivity contribution in [1.29, 1.82) is 0 Å². The summed E-state index contributed by atoms with van der Waals surface area (Å²) in [6.45, 7) is 2.22. The number of likely N-dealkylation sites (tertiary alicyclic amines) is 2. The van der Waals surface area contributed by atoms with E-state index in [9.17, 15) is 22.8 Å². The largest absolute Gasteiger partial charge is 0.417 e. The molecule has 2 atom stereocenters. The van der Waals surface area contributed by atoms with Crippen LogP contribution in [0, 0.1) is 0 Å². The summed E-state index contributed by atoms with van der Waals surface area (Å²) in [5.74, 6) is -0.00742. The molecule has 2 aromatic carbocycles. The van der Waals surface area contributed by atoms with Crippen molar-refractivity contribution >= 4 is 11.9 Å². The van der Waals surface area contributed by atoms with Crippen LogP contribution in [-0.2, 0) is 15.7 Å². The minimum atomic E-state index is -4.41. The minimum Gasteiger partial charge on any atom is -0.366 e. The molecule has 6 nitrogen and oxygen atoms in total. The SMILES string of the molecule is O=C1CO[C@H]2CCN(C(=O)N3CC(c4ccc(-c5ccccc5C(F)(F)F)cc4)C3)C[C@H]2N1. The van der Waals surface area contributed by atoms with Crippen LogP contribution in [0.3, 0.4) is 0 Å². The molecule has 3 heterocycles. The third-order valence-electron chi connectivity index (χ3n) is 6.67. The van der Waals surface area contributed by atoms with Crippen LogP contribution in [0.5, 0.6) is 0 Å². The first-order chi connectivity index (χ1) is 15.8. The molecule has 5 rings (SSSR count). The number of halogens is 3. The molecule has 3 fully saturated rings. The van der Waals surface area contributed by atoms with Crippen molar-refractivity contribution in [2.75, 3.05) is 32.8 Å². The Kier molecular flexibility index (Phi) is 5.52. The van der Waals surface area contributed by atoms with Gasteiger partial charge in [0, 0.05) is 32.1 Å². The number of carbonyl (C=O) groups is 2. The minimum absolute atomic E-state index is 0.0446. The number of morpholine rings is 1. The van der Waals surface area contributed by atoms with Gasteiger partial charge in [-0.15, -0.1) is 0 Å². The van der Waals surface area contributed by atoms with Crippen LogP contribution in [0.25, 0.3) is 11.1 Å². The number of nitrogens with zero attached hydrogens (tertiary/aromatic N) is 2. The Balaban J connectivity index is 1.20. The first-order valence-corrected chi connectivity index (χ1v) is 11.0. The highest BCUT2D eigenvalue weighted by Crippen LogP contribution is 2.38. The van der Waals surface area contributed by atoms with Crippen molar-refractivity contribution in [3.63, 3.8) is 0 Å². The molecular weight excluding hydrogens is 435 g/mol. The summed E-state index contributed by atoms with van der Waals surface area (Å²) in [6.07, 6.45) is -3.77. The molecule has 0 radical (unpaired) electrons. The van der Waals surface area contributed by atoms with Crippen LogP contribution in [0.4, 0.5) is 18.0 Å². The number of alkyl halides is 3. The van der Waals surface area contributed by atoms with Gasteiger partial charge in [0.2, 0.25) is 5.91 Å². The van der Waals surface area contributed by atoms with Gasteiger partial charge in [-0.3, -0.25) is 4.79 Å². The number of rotatable bonds is 2. The van der Waals surface area contributed by atoms with Gasteiger partial charge < -0.3 is 19.9 Å². The van der Waals surface area contributed by atoms with Crippen molar-refractivity contribution in [1.82, 2.24) is 15.1 Å². The highest BCUT2D eigenvalue weighted by molar-refractivity contribution is 5.79. The van der Waals surface area contributed by atoms with Crippen LogP contribution in [0.1, 0.15) is 23.5 Å². The third-order valence-corrected chi connectivity index (χ3v) is 6.67. The normalized spacial score (nSPS) is 23.5. The maximum atomic E-state index is 13.3. The molecule has 0 aliphatic carbocycles. The van der Waals surface area contributed by atoms with Gasteiger partial charge in [0.25, 0.3) is 0 Å². The van der Waals surface area contributed by atoms with Crippen LogP contribution in [0.2, 0.25) is 0 Å². The van der Waals surface area contributed by atoms with Crippen LogP contribution < -0.4 is 5.32 Å². The zero-order valence-corrected chi connectivity index (χ0v) is 17.8. The van der Waals surface area contributed by atoms with E-state index in [0.29, 0.717) is 38.2 Å². The smallest absolute Gasteiger partial charge is 0.366 e. The lowest BCUT2D eigenvalue weighted by molar-refractivity contribution is -0.140. The molecular formula is C24H24F3N3O3. The van der Waals surface area contributed by atoms with Gasteiger partial charge in [0.05, 0.1) is 17.7 Å². The standard InChI is InChI=1S/C24H24F3N3O3/c25-24(26,27)19-4-2-1-3-18(19)16-7-5-15(6-8-16)17-11-30(12-17)23(32)29-10-9-21-20(13-29)28-22(31)14-33-21/h1-8,17,20-21H,9-14H2,(H,28,31)/t20-,21+/m1/s1. The van der Waals surface area contributed by atoms with Crippen LogP contribution >= 0.6 is 0 Å². The number of ether oxygens (including phenoxy) is 1. The van der Waals surface area contributed by atoms with E-state index < -0.39 is 11.7 Å². The van der Waals surface area contributed by atoms with E-state index in [4.69, 9.17) is 4.74 Å².